The third-order valence-electron chi connectivity index (χ3n) is 4.36. The lowest BCUT2D eigenvalue weighted by atomic mass is 9.92. The molecule has 0 unspecified atom stereocenters. The molecule has 1 aromatic heterocycles. The molecule has 0 fully saturated rings. The molecule has 3 rings (SSSR count). The number of carbonyl (C=O) groups excluding carboxylic acids is 1. The molecule has 5 nitrogen and oxygen atoms in total. The van der Waals surface area contributed by atoms with Crippen LogP contribution in [0.4, 0.5) is 5.82 Å². The summed E-state index contributed by atoms with van der Waals surface area (Å²) in [6.07, 6.45) is 0. The molecule has 0 spiro atoms. The number of benzene rings is 2. The molecule has 0 radical (unpaired) electrons. The van der Waals surface area contributed by atoms with E-state index in [0.717, 1.165) is 11.1 Å². The lowest BCUT2D eigenvalue weighted by molar-refractivity contribution is 0.0601. The number of pyridine rings is 1. The predicted octanol–water partition coefficient (Wildman–Crippen LogP) is 5.27. The highest BCUT2D eigenvalue weighted by Gasteiger charge is 2.20. The second-order valence-corrected chi connectivity index (χ2v) is 6.87. The lowest BCUT2D eigenvalue weighted by Crippen LogP contribution is -2.04. The first-order valence-corrected chi connectivity index (χ1v) is 8.97. The summed E-state index contributed by atoms with van der Waals surface area (Å²) in [7, 11) is 1.32. The van der Waals surface area contributed by atoms with E-state index >= 15 is 0 Å². The van der Waals surface area contributed by atoms with Crippen molar-refractivity contribution >= 4 is 35.0 Å². The fourth-order valence-electron chi connectivity index (χ4n) is 3.00. The molecule has 0 aliphatic carbocycles. The molecule has 2 N–H and O–H groups in total. The van der Waals surface area contributed by atoms with Gasteiger partial charge in [-0.05, 0) is 48.4 Å². The zero-order valence-electron chi connectivity index (χ0n) is 15.1. The van der Waals surface area contributed by atoms with Gasteiger partial charge in [0.15, 0.2) is 0 Å². The maximum atomic E-state index is 11.7. The van der Waals surface area contributed by atoms with E-state index in [2.05, 4.69) is 11.1 Å². The quantitative estimate of drug-likeness (QED) is 0.592. The summed E-state index contributed by atoms with van der Waals surface area (Å²) in [5.74, 6) is -0.340. The van der Waals surface area contributed by atoms with Crippen LogP contribution in [0, 0.1) is 18.3 Å². The Labute approximate surface area is 172 Å². The Balaban J connectivity index is 2.25. The van der Waals surface area contributed by atoms with Gasteiger partial charge in [0.05, 0.1) is 23.4 Å². The highest BCUT2D eigenvalue weighted by Crippen LogP contribution is 2.38. The minimum absolute atomic E-state index is 0.0983. The van der Waals surface area contributed by atoms with E-state index in [-0.39, 0.29) is 11.4 Å². The van der Waals surface area contributed by atoms with E-state index < -0.39 is 5.97 Å². The summed E-state index contributed by atoms with van der Waals surface area (Å²) in [4.78, 5) is 16.1. The molecule has 0 amide bonds. The van der Waals surface area contributed by atoms with Crippen LogP contribution >= 0.6 is 23.2 Å². The minimum atomic E-state index is -0.438. The summed E-state index contributed by atoms with van der Waals surface area (Å²) in [5, 5.41) is 10.6. The van der Waals surface area contributed by atoms with Gasteiger partial charge >= 0.3 is 5.97 Å². The van der Waals surface area contributed by atoms with Gasteiger partial charge in [-0.25, -0.2) is 9.78 Å². The number of carbonyl (C=O) groups is 1. The largest absolute Gasteiger partial charge is 0.465 e. The van der Waals surface area contributed by atoms with Crippen molar-refractivity contribution in [1.82, 2.24) is 4.98 Å². The zero-order valence-corrected chi connectivity index (χ0v) is 16.6. The number of nitrogens with zero attached hydrogens (tertiary/aromatic N) is 2. The number of rotatable bonds is 3. The molecule has 0 bridgehead atoms. The number of esters is 1. The number of methoxy groups -OCH3 is 1. The minimum Gasteiger partial charge on any atom is -0.465 e. The summed E-state index contributed by atoms with van der Waals surface area (Å²) >= 11 is 12.3. The summed E-state index contributed by atoms with van der Waals surface area (Å²) in [5.41, 5.74) is 10.1. The first-order valence-electron chi connectivity index (χ1n) is 8.21. The molecule has 0 aliphatic heterocycles. The summed E-state index contributed by atoms with van der Waals surface area (Å²) in [6, 6.07) is 14.0. The number of hydrogen-bond donors (Lipinski definition) is 1. The molecule has 0 atom stereocenters. The molecular weight excluding hydrogens is 397 g/mol. The molecule has 140 valence electrons. The van der Waals surface area contributed by atoms with E-state index in [1.165, 1.54) is 7.11 Å². The van der Waals surface area contributed by atoms with Crippen molar-refractivity contribution in [3.05, 3.63) is 69.2 Å². The van der Waals surface area contributed by atoms with Crippen molar-refractivity contribution in [3.63, 3.8) is 0 Å². The van der Waals surface area contributed by atoms with E-state index in [0.29, 0.717) is 32.4 Å². The standard InChI is InChI=1S/C21H15Cl2N3O2/c1-11-18(12-3-5-13(6-4-12)21(27)28-2)16(10-24)20(25)26-19(11)15-8-7-14(22)9-17(15)23/h3-9H,1-2H3,(H2,25,26). The van der Waals surface area contributed by atoms with Gasteiger partial charge in [-0.15, -0.1) is 0 Å². The molecule has 1 heterocycles. The monoisotopic (exact) mass is 411 g/mol. The Morgan fingerprint density at radius 1 is 1.18 bits per heavy atom. The fraction of sp³-hybridized carbons (Fsp3) is 0.0952. The maximum Gasteiger partial charge on any atom is 0.337 e. The highest BCUT2D eigenvalue weighted by atomic mass is 35.5. The number of ether oxygens (including phenoxy) is 1. The van der Waals surface area contributed by atoms with Crippen molar-refractivity contribution in [2.45, 2.75) is 6.92 Å². The smallest absolute Gasteiger partial charge is 0.337 e. The lowest BCUT2D eigenvalue weighted by Gasteiger charge is -2.16. The van der Waals surface area contributed by atoms with Crippen LogP contribution in [0.5, 0.6) is 0 Å². The van der Waals surface area contributed by atoms with Crippen molar-refractivity contribution in [2.75, 3.05) is 12.8 Å². The number of halogens is 2. The maximum absolute atomic E-state index is 11.7. The molecular formula is C21H15Cl2N3O2. The Morgan fingerprint density at radius 3 is 2.43 bits per heavy atom. The number of hydrogen-bond acceptors (Lipinski definition) is 5. The SMILES string of the molecule is COC(=O)c1ccc(-c2c(C)c(-c3ccc(Cl)cc3Cl)nc(N)c2C#N)cc1. The van der Waals surface area contributed by atoms with Crippen LogP contribution < -0.4 is 5.73 Å². The third kappa shape index (κ3) is 3.53. The van der Waals surface area contributed by atoms with Crippen LogP contribution in [0.25, 0.3) is 22.4 Å². The highest BCUT2D eigenvalue weighted by molar-refractivity contribution is 6.36. The third-order valence-corrected chi connectivity index (χ3v) is 4.91. The molecule has 0 saturated carbocycles. The number of nitriles is 1. The van der Waals surface area contributed by atoms with E-state index in [1.54, 1.807) is 42.5 Å². The number of nitrogen functional groups attached to an aromatic ring is 1. The molecule has 2 aromatic carbocycles. The van der Waals surface area contributed by atoms with Gasteiger partial charge in [-0.1, -0.05) is 35.3 Å². The Bertz CT molecular complexity index is 1120. The van der Waals surface area contributed by atoms with Gasteiger partial charge in [0, 0.05) is 16.1 Å². The summed E-state index contributed by atoms with van der Waals surface area (Å²) in [6.45, 7) is 1.84. The molecule has 0 saturated heterocycles. The van der Waals surface area contributed by atoms with Crippen LogP contribution in [-0.2, 0) is 4.74 Å². The van der Waals surface area contributed by atoms with Crippen molar-refractivity contribution < 1.29 is 9.53 Å². The predicted molar refractivity (Wildman–Crippen MR) is 110 cm³/mol. The normalized spacial score (nSPS) is 10.4. The van der Waals surface area contributed by atoms with Crippen LogP contribution in [0.1, 0.15) is 21.5 Å². The number of anilines is 1. The van der Waals surface area contributed by atoms with Gasteiger partial charge in [0.1, 0.15) is 17.5 Å². The van der Waals surface area contributed by atoms with E-state index in [4.69, 9.17) is 33.7 Å². The van der Waals surface area contributed by atoms with Gasteiger partial charge < -0.3 is 10.5 Å². The second kappa shape index (κ2) is 7.89. The fourth-order valence-corrected chi connectivity index (χ4v) is 3.50. The van der Waals surface area contributed by atoms with Crippen LogP contribution in [-0.4, -0.2) is 18.1 Å². The van der Waals surface area contributed by atoms with Crippen molar-refractivity contribution in [1.29, 1.82) is 5.26 Å². The van der Waals surface area contributed by atoms with E-state index in [1.807, 2.05) is 6.92 Å². The molecule has 3 aromatic rings. The van der Waals surface area contributed by atoms with Crippen molar-refractivity contribution in [2.24, 2.45) is 0 Å². The summed E-state index contributed by atoms with van der Waals surface area (Å²) < 4.78 is 4.72. The number of nitrogens with two attached hydrogens (primary N) is 1. The van der Waals surface area contributed by atoms with Crippen molar-refractivity contribution in [3.8, 4) is 28.5 Å². The molecule has 28 heavy (non-hydrogen) atoms. The van der Waals surface area contributed by atoms with Crippen LogP contribution in [0.2, 0.25) is 10.0 Å². The van der Waals surface area contributed by atoms with Gasteiger partial charge in [-0.2, -0.15) is 5.26 Å². The average molecular weight is 412 g/mol. The van der Waals surface area contributed by atoms with Gasteiger partial charge in [0.2, 0.25) is 0 Å². The van der Waals surface area contributed by atoms with Gasteiger partial charge in [0.25, 0.3) is 0 Å². The second-order valence-electron chi connectivity index (χ2n) is 6.03. The van der Waals surface area contributed by atoms with E-state index in [9.17, 15) is 10.1 Å². The Morgan fingerprint density at radius 2 is 1.86 bits per heavy atom. The first-order chi connectivity index (χ1) is 13.4. The van der Waals surface area contributed by atoms with Crippen LogP contribution in [0.3, 0.4) is 0 Å². The first kappa shape index (κ1) is 19.7. The zero-order chi connectivity index (χ0) is 20.4. The molecule has 7 heteroatoms. The Kier molecular flexibility index (Phi) is 5.55. The van der Waals surface area contributed by atoms with Gasteiger partial charge in [-0.3, -0.25) is 0 Å². The van der Waals surface area contributed by atoms with Crippen LogP contribution in [0.15, 0.2) is 42.5 Å². The topological polar surface area (TPSA) is 89.0 Å². The average Bonchev–Trinajstić information content (AvgIpc) is 2.69. The number of aromatic nitrogens is 1. The Hall–Kier alpha value is -3.07. The molecule has 0 aliphatic rings.